The first kappa shape index (κ1) is 24.4. The Kier molecular flexibility index (Phi) is 6.85. The van der Waals surface area contributed by atoms with Crippen molar-refractivity contribution in [2.45, 2.75) is 19.4 Å². The molecule has 186 valence electrons. The molecule has 0 aliphatic rings. The summed E-state index contributed by atoms with van der Waals surface area (Å²) in [5.41, 5.74) is 17.6. The third kappa shape index (κ3) is 5.16. The van der Waals surface area contributed by atoms with Crippen LogP contribution in [-0.2, 0) is 11.2 Å². The highest BCUT2D eigenvalue weighted by atomic mass is 32.1. The van der Waals surface area contributed by atoms with Crippen LogP contribution < -0.4 is 16.4 Å². The fourth-order valence-corrected chi connectivity index (χ4v) is 5.36. The normalized spacial score (nSPS) is 11.9. The Bertz CT molecular complexity index is 1550. The van der Waals surface area contributed by atoms with Gasteiger partial charge in [-0.05, 0) is 48.1 Å². The van der Waals surface area contributed by atoms with Gasteiger partial charge in [0, 0.05) is 39.5 Å². The van der Waals surface area contributed by atoms with Gasteiger partial charge < -0.3 is 21.5 Å². The third-order valence-electron chi connectivity index (χ3n) is 6.32. The molecule has 0 bridgehead atoms. The summed E-state index contributed by atoms with van der Waals surface area (Å²) in [4.78, 5) is 22.1. The van der Waals surface area contributed by atoms with Crippen LogP contribution in [0.25, 0.3) is 32.5 Å². The largest absolute Gasteiger partial charge is 0.480 e. The van der Waals surface area contributed by atoms with Gasteiger partial charge in [0.15, 0.2) is 0 Å². The SMILES string of the molecule is CCN(c1ccc(-c2csc3ccccc23)cc1)c1cc(-c2ccc(C[C@H](N)C(=O)O)cc2)nc(N)n1. The second kappa shape index (κ2) is 10.4. The summed E-state index contributed by atoms with van der Waals surface area (Å²) < 4.78 is 1.28. The molecule has 2 heterocycles. The van der Waals surface area contributed by atoms with Gasteiger partial charge in [0.25, 0.3) is 0 Å². The van der Waals surface area contributed by atoms with Gasteiger partial charge >= 0.3 is 5.97 Å². The summed E-state index contributed by atoms with van der Waals surface area (Å²) in [6.45, 7) is 2.77. The minimum atomic E-state index is -1.02. The van der Waals surface area contributed by atoms with Crippen LogP contribution in [0.5, 0.6) is 0 Å². The molecule has 0 unspecified atom stereocenters. The Hall–Kier alpha value is -4.27. The minimum Gasteiger partial charge on any atom is -0.480 e. The van der Waals surface area contributed by atoms with Crippen LogP contribution in [0.1, 0.15) is 12.5 Å². The summed E-state index contributed by atoms with van der Waals surface area (Å²) in [5, 5.41) is 12.5. The molecule has 5 rings (SSSR count). The minimum absolute atomic E-state index is 0.185. The van der Waals surface area contributed by atoms with Gasteiger partial charge in [0.2, 0.25) is 5.95 Å². The maximum Gasteiger partial charge on any atom is 0.320 e. The maximum absolute atomic E-state index is 11.0. The number of hydrogen-bond donors (Lipinski definition) is 3. The van der Waals surface area contributed by atoms with Gasteiger partial charge in [-0.1, -0.05) is 54.6 Å². The van der Waals surface area contributed by atoms with Crippen molar-refractivity contribution in [2.75, 3.05) is 17.2 Å². The molecule has 0 aliphatic carbocycles. The smallest absolute Gasteiger partial charge is 0.320 e. The van der Waals surface area contributed by atoms with Crippen molar-refractivity contribution in [3.63, 3.8) is 0 Å². The second-order valence-corrected chi connectivity index (χ2v) is 9.66. The number of rotatable bonds is 8. The highest BCUT2D eigenvalue weighted by Crippen LogP contribution is 2.35. The van der Waals surface area contributed by atoms with Crippen molar-refractivity contribution in [1.29, 1.82) is 0 Å². The lowest BCUT2D eigenvalue weighted by atomic mass is 10.0. The fourth-order valence-electron chi connectivity index (χ4n) is 4.39. The zero-order valence-electron chi connectivity index (χ0n) is 20.3. The van der Waals surface area contributed by atoms with Crippen LogP contribution >= 0.6 is 11.3 Å². The standard InChI is InChI=1S/C29H27N5O2S/c1-2-34(21-13-11-19(12-14-21)23-17-37-26-6-4-3-5-22(23)26)27-16-25(32-29(31)33-27)20-9-7-18(8-10-20)15-24(30)28(35)36/h3-14,16-17,24H,2,15,30H2,1H3,(H,35,36)(H2,31,32,33)/t24-/m0/s1. The predicted octanol–water partition coefficient (Wildman–Crippen LogP) is 5.72. The molecule has 0 fully saturated rings. The number of aromatic nitrogens is 2. The van der Waals surface area contributed by atoms with E-state index in [1.165, 1.54) is 21.2 Å². The van der Waals surface area contributed by atoms with E-state index in [9.17, 15) is 4.79 Å². The average Bonchev–Trinajstić information content (AvgIpc) is 3.34. The van der Waals surface area contributed by atoms with E-state index in [-0.39, 0.29) is 12.4 Å². The lowest BCUT2D eigenvalue weighted by molar-refractivity contribution is -0.138. The second-order valence-electron chi connectivity index (χ2n) is 8.75. The summed E-state index contributed by atoms with van der Waals surface area (Å²) >= 11 is 1.75. The van der Waals surface area contributed by atoms with Crippen molar-refractivity contribution < 1.29 is 9.90 Å². The molecule has 0 radical (unpaired) electrons. The van der Waals surface area contributed by atoms with Gasteiger partial charge in [-0.2, -0.15) is 4.98 Å². The van der Waals surface area contributed by atoms with Crippen molar-refractivity contribution in [3.8, 4) is 22.4 Å². The van der Waals surface area contributed by atoms with Gasteiger partial charge in [-0.15, -0.1) is 11.3 Å². The number of hydrogen-bond acceptors (Lipinski definition) is 7. The van der Waals surface area contributed by atoms with Crippen LogP contribution in [0, 0.1) is 0 Å². The molecular formula is C29H27N5O2S. The summed E-state index contributed by atoms with van der Waals surface area (Å²) in [7, 11) is 0. The Morgan fingerprint density at radius 2 is 1.70 bits per heavy atom. The van der Waals surface area contributed by atoms with Crippen LogP contribution in [0.2, 0.25) is 0 Å². The number of anilines is 3. The quantitative estimate of drug-likeness (QED) is 0.245. The van der Waals surface area contributed by atoms with Gasteiger partial charge in [0.1, 0.15) is 11.9 Å². The van der Waals surface area contributed by atoms with Crippen LogP contribution in [-0.4, -0.2) is 33.6 Å². The van der Waals surface area contributed by atoms with Crippen LogP contribution in [0.15, 0.2) is 84.2 Å². The van der Waals surface area contributed by atoms with Gasteiger partial charge in [0.05, 0.1) is 5.69 Å². The van der Waals surface area contributed by atoms with E-state index in [1.54, 1.807) is 11.3 Å². The first-order chi connectivity index (χ1) is 17.9. The van der Waals surface area contributed by atoms with E-state index in [0.717, 1.165) is 16.8 Å². The Morgan fingerprint density at radius 1 is 1.00 bits per heavy atom. The maximum atomic E-state index is 11.0. The molecule has 0 saturated carbocycles. The highest BCUT2D eigenvalue weighted by Gasteiger charge is 2.15. The van der Waals surface area contributed by atoms with Crippen molar-refractivity contribution in [1.82, 2.24) is 9.97 Å². The molecule has 1 atom stereocenters. The zero-order valence-corrected chi connectivity index (χ0v) is 21.2. The lowest BCUT2D eigenvalue weighted by Crippen LogP contribution is -2.32. The van der Waals surface area contributed by atoms with E-state index in [1.807, 2.05) is 30.3 Å². The predicted molar refractivity (Wildman–Crippen MR) is 151 cm³/mol. The molecule has 0 aliphatic heterocycles. The summed E-state index contributed by atoms with van der Waals surface area (Å²) in [6, 6.07) is 25.4. The monoisotopic (exact) mass is 509 g/mol. The molecule has 0 saturated heterocycles. The third-order valence-corrected chi connectivity index (χ3v) is 7.28. The zero-order chi connectivity index (χ0) is 25.9. The van der Waals surface area contributed by atoms with Gasteiger partial charge in [-0.25, -0.2) is 4.98 Å². The van der Waals surface area contributed by atoms with E-state index in [0.29, 0.717) is 18.1 Å². The van der Waals surface area contributed by atoms with Crippen LogP contribution in [0.4, 0.5) is 17.5 Å². The molecule has 37 heavy (non-hydrogen) atoms. The number of carboxylic acid groups (broad SMARTS) is 1. The number of carbonyl (C=O) groups is 1. The van der Waals surface area contributed by atoms with Crippen LogP contribution in [0.3, 0.4) is 0 Å². The molecule has 5 aromatic rings. The number of nitrogens with two attached hydrogens (primary N) is 2. The molecule has 0 spiro atoms. The molecule has 0 amide bonds. The molecule has 7 nitrogen and oxygen atoms in total. The van der Waals surface area contributed by atoms with Gasteiger partial charge in [-0.3, -0.25) is 4.79 Å². The number of aliphatic carboxylic acids is 1. The topological polar surface area (TPSA) is 118 Å². The van der Waals surface area contributed by atoms with E-state index >= 15 is 0 Å². The van der Waals surface area contributed by atoms with E-state index in [2.05, 4.69) is 75.7 Å². The molecule has 3 aromatic carbocycles. The fraction of sp³-hybridized carbons (Fsp3) is 0.138. The number of nitrogen functional groups attached to an aromatic ring is 1. The first-order valence-corrected chi connectivity index (χ1v) is 12.9. The summed E-state index contributed by atoms with van der Waals surface area (Å²) in [6.07, 6.45) is 0.257. The highest BCUT2D eigenvalue weighted by molar-refractivity contribution is 7.17. The average molecular weight is 510 g/mol. The number of nitrogens with zero attached hydrogens (tertiary/aromatic N) is 3. The number of thiophene rings is 1. The molecule has 8 heteroatoms. The molecule has 5 N–H and O–H groups in total. The van der Waals surface area contributed by atoms with E-state index < -0.39 is 12.0 Å². The number of carboxylic acids is 1. The molecule has 2 aromatic heterocycles. The van der Waals surface area contributed by atoms with Crippen molar-refractivity contribution in [2.24, 2.45) is 5.73 Å². The van der Waals surface area contributed by atoms with Crippen molar-refractivity contribution in [3.05, 3.63) is 89.8 Å². The van der Waals surface area contributed by atoms with E-state index in [4.69, 9.17) is 16.6 Å². The molecular weight excluding hydrogens is 482 g/mol. The number of fused-ring (bicyclic) bond motifs is 1. The summed E-state index contributed by atoms with van der Waals surface area (Å²) in [5.74, 6) is -0.131. The van der Waals surface area contributed by atoms with Crippen molar-refractivity contribution >= 4 is 44.8 Å². The first-order valence-electron chi connectivity index (χ1n) is 12.0. The Morgan fingerprint density at radius 3 is 2.41 bits per heavy atom. The lowest BCUT2D eigenvalue weighted by Gasteiger charge is -2.23. The Labute approximate surface area is 219 Å². The number of benzene rings is 3. The Balaban J connectivity index is 1.41.